The van der Waals surface area contributed by atoms with Crippen molar-refractivity contribution < 1.29 is 32.3 Å². The van der Waals surface area contributed by atoms with E-state index in [1.54, 1.807) is 47.0 Å². The number of thioether (sulfide) groups is 1. The molecule has 3 rings (SSSR count). The summed E-state index contributed by atoms with van der Waals surface area (Å²) in [5.74, 6) is -0.833. The first-order chi connectivity index (χ1) is 18.5. The highest BCUT2D eigenvalue weighted by atomic mass is 32.2. The van der Waals surface area contributed by atoms with Crippen LogP contribution in [-0.4, -0.2) is 83.0 Å². The van der Waals surface area contributed by atoms with E-state index < -0.39 is 50.5 Å². The highest BCUT2D eigenvalue weighted by Crippen LogP contribution is 2.31. The molecule has 1 N–H and O–H groups in total. The van der Waals surface area contributed by atoms with Crippen LogP contribution in [0.3, 0.4) is 0 Å². The Labute approximate surface area is 239 Å². The molecule has 0 unspecified atom stereocenters. The van der Waals surface area contributed by atoms with Crippen LogP contribution in [0.25, 0.3) is 0 Å². The number of nitrogens with zero attached hydrogens (tertiary/aromatic N) is 3. The molecule has 2 atom stereocenters. The number of rotatable bonds is 8. The van der Waals surface area contributed by atoms with E-state index in [-0.39, 0.29) is 17.1 Å². The van der Waals surface area contributed by atoms with Gasteiger partial charge in [-0.25, -0.2) is 22.3 Å². The van der Waals surface area contributed by atoms with E-state index in [9.17, 15) is 22.8 Å². The summed E-state index contributed by atoms with van der Waals surface area (Å²) in [6.07, 6.45) is 1.80. The molecule has 1 aliphatic heterocycles. The Morgan fingerprint density at radius 1 is 1.15 bits per heavy atom. The molecular formula is C27H36N4O7S2. The van der Waals surface area contributed by atoms with Gasteiger partial charge < -0.3 is 14.4 Å². The number of ether oxygens (including phenoxy) is 2. The minimum atomic E-state index is -4.54. The number of carbonyl (C=O) groups is 3. The van der Waals surface area contributed by atoms with Crippen molar-refractivity contribution in [3.8, 4) is 5.75 Å². The number of sulfonamides is 1. The van der Waals surface area contributed by atoms with E-state index in [2.05, 4.69) is 10.3 Å². The van der Waals surface area contributed by atoms with Crippen LogP contribution in [0.15, 0.2) is 53.7 Å². The Morgan fingerprint density at radius 2 is 1.80 bits per heavy atom. The number of hydrogen-bond acceptors (Lipinski definition) is 10. The molecule has 0 aliphatic carbocycles. The second-order valence-electron chi connectivity index (χ2n) is 11.2. The van der Waals surface area contributed by atoms with Gasteiger partial charge in [0, 0.05) is 44.2 Å². The van der Waals surface area contributed by atoms with Crippen LogP contribution in [0.2, 0.25) is 0 Å². The molecule has 0 bridgehead atoms. The topological polar surface area (TPSA) is 135 Å². The van der Waals surface area contributed by atoms with Gasteiger partial charge in [-0.3, -0.25) is 15.1 Å². The zero-order valence-corrected chi connectivity index (χ0v) is 25.3. The molecule has 1 aromatic heterocycles. The second-order valence-corrected chi connectivity index (χ2v) is 14.1. The lowest BCUT2D eigenvalue weighted by atomic mass is 10.0. The third-order valence-corrected chi connectivity index (χ3v) is 8.98. The molecule has 2 amide bonds. The minimum absolute atomic E-state index is 0.178. The Balaban J connectivity index is 2.07. The highest BCUT2D eigenvalue weighted by molar-refractivity contribution is 8.01. The van der Waals surface area contributed by atoms with Crippen molar-refractivity contribution in [3.63, 3.8) is 0 Å². The maximum absolute atomic E-state index is 14.0. The third kappa shape index (κ3) is 7.95. The van der Waals surface area contributed by atoms with Gasteiger partial charge in [0.05, 0.1) is 0 Å². The number of esters is 1. The molecule has 13 heteroatoms. The van der Waals surface area contributed by atoms with Gasteiger partial charge in [-0.05, 0) is 64.4 Å². The van der Waals surface area contributed by atoms with Crippen molar-refractivity contribution >= 4 is 39.8 Å². The predicted octanol–water partition coefficient (Wildman–Crippen LogP) is 3.05. The number of pyridine rings is 1. The van der Waals surface area contributed by atoms with Crippen molar-refractivity contribution in [1.82, 2.24) is 19.5 Å². The van der Waals surface area contributed by atoms with Gasteiger partial charge in [-0.1, -0.05) is 12.1 Å². The summed E-state index contributed by atoms with van der Waals surface area (Å²) in [6, 6.07) is 7.49. The molecule has 0 radical (unpaired) electrons. The number of benzene rings is 1. The smallest absolute Gasteiger partial charge is 0.414 e. The number of aromatic nitrogens is 1. The van der Waals surface area contributed by atoms with Crippen molar-refractivity contribution in [3.05, 3.63) is 54.4 Å². The Kier molecular flexibility index (Phi) is 9.53. The first kappa shape index (κ1) is 31.4. The lowest BCUT2D eigenvalue weighted by Crippen LogP contribution is -2.56. The SMILES string of the molecule is CN(C)C(=O)Oc1ccc(C[C@@H](C(=O)OC(C)(C)C)N(C(=O)[C@H]2NC(C)(C)CS2)S(=O)(=O)c2cccnc2)cc1. The van der Waals surface area contributed by atoms with Gasteiger partial charge in [0.1, 0.15) is 27.7 Å². The summed E-state index contributed by atoms with van der Waals surface area (Å²) in [5, 5.41) is 2.26. The summed E-state index contributed by atoms with van der Waals surface area (Å²) in [7, 11) is -1.43. The van der Waals surface area contributed by atoms with Crippen LogP contribution in [-0.2, 0) is 30.8 Å². The second kappa shape index (κ2) is 12.1. The number of amides is 2. The van der Waals surface area contributed by atoms with E-state index in [0.717, 1.165) is 6.20 Å². The largest absolute Gasteiger partial charge is 0.458 e. The monoisotopic (exact) mass is 592 g/mol. The van der Waals surface area contributed by atoms with Crippen molar-refractivity contribution in [2.24, 2.45) is 0 Å². The van der Waals surface area contributed by atoms with E-state index in [1.807, 2.05) is 13.8 Å². The molecular weight excluding hydrogens is 556 g/mol. The molecule has 2 aromatic rings. The fourth-order valence-corrected chi connectivity index (χ4v) is 6.67. The van der Waals surface area contributed by atoms with Gasteiger partial charge in [0.15, 0.2) is 0 Å². The Morgan fingerprint density at radius 3 is 2.30 bits per heavy atom. The van der Waals surface area contributed by atoms with Gasteiger partial charge in [-0.15, -0.1) is 11.8 Å². The summed E-state index contributed by atoms with van der Waals surface area (Å²) in [4.78, 5) is 44.4. The van der Waals surface area contributed by atoms with Gasteiger partial charge in [-0.2, -0.15) is 0 Å². The maximum Gasteiger partial charge on any atom is 0.414 e. The molecule has 40 heavy (non-hydrogen) atoms. The van der Waals surface area contributed by atoms with Gasteiger partial charge in [0.2, 0.25) is 0 Å². The Bertz CT molecular complexity index is 1320. The van der Waals surface area contributed by atoms with Crippen molar-refractivity contribution in [2.75, 3.05) is 19.8 Å². The summed E-state index contributed by atoms with van der Waals surface area (Å²) < 4.78 is 39.5. The zero-order valence-electron chi connectivity index (χ0n) is 23.7. The first-order valence-corrected chi connectivity index (χ1v) is 15.1. The van der Waals surface area contributed by atoms with E-state index in [0.29, 0.717) is 15.6 Å². The zero-order chi connectivity index (χ0) is 29.9. The quantitative estimate of drug-likeness (QED) is 0.456. The van der Waals surface area contributed by atoms with Crippen LogP contribution in [0, 0.1) is 0 Å². The molecule has 0 saturated carbocycles. The molecule has 1 fully saturated rings. The summed E-state index contributed by atoms with van der Waals surface area (Å²) in [6.45, 7) is 8.80. The van der Waals surface area contributed by atoms with Crippen molar-refractivity contribution in [2.45, 2.75) is 68.5 Å². The number of nitrogens with one attached hydrogen (secondary N) is 1. The third-order valence-electron chi connectivity index (χ3n) is 5.65. The first-order valence-electron chi connectivity index (χ1n) is 12.6. The van der Waals surface area contributed by atoms with Crippen molar-refractivity contribution in [1.29, 1.82) is 0 Å². The number of hydrogen-bond donors (Lipinski definition) is 1. The lowest BCUT2D eigenvalue weighted by molar-refractivity contribution is -0.161. The van der Waals surface area contributed by atoms with Gasteiger partial charge in [0.25, 0.3) is 15.9 Å². The molecule has 218 valence electrons. The average molecular weight is 593 g/mol. The molecule has 11 nitrogen and oxygen atoms in total. The Hall–Kier alpha value is -3.16. The fourth-order valence-electron chi connectivity index (χ4n) is 3.77. The van der Waals surface area contributed by atoms with Crippen LogP contribution >= 0.6 is 11.8 Å². The predicted molar refractivity (Wildman–Crippen MR) is 151 cm³/mol. The molecule has 1 aliphatic rings. The highest BCUT2D eigenvalue weighted by Gasteiger charge is 2.47. The van der Waals surface area contributed by atoms with Crippen LogP contribution in [0.1, 0.15) is 40.2 Å². The summed E-state index contributed by atoms with van der Waals surface area (Å²) in [5.41, 5.74) is -0.850. The van der Waals surface area contributed by atoms with E-state index in [1.165, 1.54) is 47.1 Å². The van der Waals surface area contributed by atoms with E-state index in [4.69, 9.17) is 9.47 Å². The van der Waals surface area contributed by atoms with Crippen LogP contribution in [0.5, 0.6) is 5.75 Å². The minimum Gasteiger partial charge on any atom is -0.458 e. The molecule has 0 spiro atoms. The lowest BCUT2D eigenvalue weighted by Gasteiger charge is -2.33. The molecule has 2 heterocycles. The summed E-state index contributed by atoms with van der Waals surface area (Å²) >= 11 is 1.27. The fraction of sp³-hybridized carbons (Fsp3) is 0.481. The average Bonchev–Trinajstić information content (AvgIpc) is 3.23. The maximum atomic E-state index is 14.0. The number of carbonyl (C=O) groups excluding carboxylic acids is 3. The molecule has 1 aromatic carbocycles. The van der Waals surface area contributed by atoms with Crippen LogP contribution in [0.4, 0.5) is 4.79 Å². The van der Waals surface area contributed by atoms with E-state index >= 15 is 0 Å². The normalized spacial score (nSPS) is 17.5. The van der Waals surface area contributed by atoms with Gasteiger partial charge >= 0.3 is 12.1 Å². The van der Waals surface area contributed by atoms with Crippen LogP contribution < -0.4 is 10.1 Å². The standard InChI is InChI=1S/C27H36N4O7S2/c1-26(2,3)38-24(33)21(15-18-10-12-19(13-11-18)37-25(34)30(6)7)31(23(32)22-29-27(4,5)17-39-22)40(35,36)20-9-8-14-28-16-20/h8-14,16,21-22,29H,15,17H2,1-7H3/t21-,22-/m0/s1. The molecule has 1 saturated heterocycles.